The number of rotatable bonds is 6. The topological polar surface area (TPSA) is 148 Å². The van der Waals surface area contributed by atoms with Crippen molar-refractivity contribution < 1.29 is 52.4 Å². The fourth-order valence-corrected chi connectivity index (χ4v) is 9.94. The third kappa shape index (κ3) is 3.89. The summed E-state index contributed by atoms with van der Waals surface area (Å²) in [6, 6.07) is 1.74. The van der Waals surface area contributed by atoms with Gasteiger partial charge in [0.05, 0.1) is 25.6 Å². The number of aliphatic hydroxyl groups is 1. The predicted octanol–water partition coefficient (Wildman–Crippen LogP) is 4.34. The Bertz CT molecular complexity index is 1510. The Kier molecular flexibility index (Phi) is 7.03. The summed E-state index contributed by atoms with van der Waals surface area (Å²) < 4.78 is 35.8. The summed E-state index contributed by atoms with van der Waals surface area (Å²) in [6.07, 6.45) is 4.05. The number of hydrogen-bond donors (Lipinski definition) is 1. The molecule has 4 heterocycles. The molecular weight excluding hydrogens is 584 g/mol. The largest absolute Gasteiger partial charge is 0.472 e. The second kappa shape index (κ2) is 10.0. The van der Waals surface area contributed by atoms with Gasteiger partial charge in [0.2, 0.25) is 0 Å². The molecule has 0 radical (unpaired) electrons. The number of esters is 4. The number of fused-ring (bicyclic) bond motifs is 2. The molecule has 5 aliphatic rings. The zero-order chi connectivity index (χ0) is 32.9. The maximum Gasteiger partial charge on any atom is 0.333 e. The maximum absolute atomic E-state index is 13.6. The Balaban J connectivity index is 1.63. The molecule has 244 valence electrons. The van der Waals surface area contributed by atoms with Gasteiger partial charge in [0.1, 0.15) is 23.9 Å². The number of furan rings is 1. The van der Waals surface area contributed by atoms with Crippen molar-refractivity contribution >= 4 is 23.9 Å². The molecule has 6 rings (SSSR count). The van der Waals surface area contributed by atoms with Crippen molar-refractivity contribution in [1.29, 1.82) is 0 Å². The standard InChI is InChI=1S/C34H42O11/c1-9-17(2)29(38)44-28-25-27(42-18(3)35)30(4,5)21(14-23(36)40-8)32(7)20-10-12-31(6)22(33(20,28)45-34(25,32)39)15-24(37)43-26(31)19-11-13-41-16-19/h9,11,13,15-16,20-21,25-28,39H,10,12,14H2,1-8H3/b17-9+/t20-,21+,25-,26+,27-,28-,31-,32-,33?,34?/m1/s1. The van der Waals surface area contributed by atoms with Crippen LogP contribution in [0.25, 0.3) is 0 Å². The van der Waals surface area contributed by atoms with Crippen LogP contribution in [0.3, 0.4) is 0 Å². The van der Waals surface area contributed by atoms with E-state index in [0.717, 1.165) is 0 Å². The monoisotopic (exact) mass is 626 g/mol. The number of carbonyl (C=O) groups excluding carboxylic acids is 4. The Morgan fingerprint density at radius 2 is 1.82 bits per heavy atom. The number of hydrogen-bond acceptors (Lipinski definition) is 11. The zero-order valence-corrected chi connectivity index (χ0v) is 27.0. The SMILES string of the molecule is C/C=C(\C)C(=O)O[C@@H]1[C@H]2[C@@H](OC(C)=O)C(C)(C)[C@H](CC(=O)OC)[C@@]3(C)[C@H]4CC[C@]5(C)C(=CC(=O)O[C@H]5c5ccoc5)C14OC23O. The van der Waals surface area contributed by atoms with Gasteiger partial charge in [-0.1, -0.05) is 33.8 Å². The van der Waals surface area contributed by atoms with Crippen LogP contribution >= 0.6 is 0 Å². The Morgan fingerprint density at radius 1 is 1.11 bits per heavy atom. The number of carbonyl (C=O) groups is 4. The average Bonchev–Trinajstić information content (AvgIpc) is 3.64. The summed E-state index contributed by atoms with van der Waals surface area (Å²) >= 11 is 0. The van der Waals surface area contributed by atoms with Crippen molar-refractivity contribution in [1.82, 2.24) is 0 Å². The summed E-state index contributed by atoms with van der Waals surface area (Å²) in [7, 11) is 1.31. The number of ether oxygens (including phenoxy) is 5. The number of cyclic esters (lactones) is 1. The smallest absolute Gasteiger partial charge is 0.333 e. The van der Waals surface area contributed by atoms with Crippen molar-refractivity contribution in [2.75, 3.05) is 7.11 Å². The van der Waals surface area contributed by atoms with E-state index in [0.29, 0.717) is 29.6 Å². The molecule has 1 aromatic heterocycles. The van der Waals surface area contributed by atoms with E-state index < -0.39 is 87.6 Å². The highest BCUT2D eigenvalue weighted by molar-refractivity contribution is 5.88. The van der Waals surface area contributed by atoms with Crippen LogP contribution in [0.4, 0.5) is 0 Å². The third-order valence-electron chi connectivity index (χ3n) is 12.0. The molecule has 2 saturated heterocycles. The van der Waals surface area contributed by atoms with Gasteiger partial charge in [0.15, 0.2) is 5.79 Å². The lowest BCUT2D eigenvalue weighted by Gasteiger charge is -2.66. The highest BCUT2D eigenvalue weighted by Gasteiger charge is 2.90. The van der Waals surface area contributed by atoms with Crippen LogP contribution in [-0.4, -0.2) is 59.7 Å². The zero-order valence-electron chi connectivity index (χ0n) is 27.0. The normalized spacial score (nSPS) is 42.6. The average molecular weight is 627 g/mol. The van der Waals surface area contributed by atoms with Crippen molar-refractivity contribution in [3.63, 3.8) is 0 Å². The first-order chi connectivity index (χ1) is 21.0. The van der Waals surface area contributed by atoms with E-state index in [1.54, 1.807) is 26.0 Å². The van der Waals surface area contributed by atoms with E-state index in [-0.39, 0.29) is 6.42 Å². The molecule has 1 aromatic rings. The molecule has 2 saturated carbocycles. The van der Waals surface area contributed by atoms with Crippen LogP contribution in [-0.2, 0) is 42.9 Å². The van der Waals surface area contributed by atoms with Crippen LogP contribution in [0.5, 0.6) is 0 Å². The van der Waals surface area contributed by atoms with Crippen molar-refractivity contribution in [3.8, 4) is 0 Å². The molecule has 4 fully saturated rings. The van der Waals surface area contributed by atoms with Gasteiger partial charge < -0.3 is 33.2 Å². The first-order valence-corrected chi connectivity index (χ1v) is 15.5. The second-order valence-corrected chi connectivity index (χ2v) is 14.3. The molecule has 1 spiro atoms. The minimum Gasteiger partial charge on any atom is -0.472 e. The third-order valence-corrected chi connectivity index (χ3v) is 12.0. The van der Waals surface area contributed by atoms with Crippen molar-refractivity contribution in [3.05, 3.63) is 47.5 Å². The molecule has 11 nitrogen and oxygen atoms in total. The Morgan fingerprint density at radius 3 is 2.42 bits per heavy atom. The Labute approximate surface area is 262 Å². The molecule has 10 atom stereocenters. The number of methoxy groups -OCH3 is 1. The summed E-state index contributed by atoms with van der Waals surface area (Å²) in [6.45, 7) is 12.3. The van der Waals surface area contributed by atoms with Gasteiger partial charge in [-0.3, -0.25) is 9.59 Å². The molecule has 0 amide bonds. The molecule has 0 aromatic carbocycles. The highest BCUT2D eigenvalue weighted by atomic mass is 16.7. The molecule has 3 aliphatic heterocycles. The van der Waals surface area contributed by atoms with E-state index in [1.165, 1.54) is 32.6 Å². The fraction of sp³-hybridized carbons (Fsp3) is 0.647. The summed E-state index contributed by atoms with van der Waals surface area (Å²) in [5.74, 6) is -6.52. The maximum atomic E-state index is 13.6. The lowest BCUT2D eigenvalue weighted by Crippen LogP contribution is -2.76. The summed E-state index contributed by atoms with van der Waals surface area (Å²) in [4.78, 5) is 52.6. The van der Waals surface area contributed by atoms with Crippen LogP contribution in [0.15, 0.2) is 46.3 Å². The predicted molar refractivity (Wildman–Crippen MR) is 156 cm³/mol. The molecule has 2 aliphatic carbocycles. The molecule has 2 bridgehead atoms. The molecular formula is C34H42O11. The first kappa shape index (κ1) is 31.5. The van der Waals surface area contributed by atoms with E-state index in [2.05, 4.69) is 0 Å². The van der Waals surface area contributed by atoms with Gasteiger partial charge in [-0.2, -0.15) is 0 Å². The molecule has 11 heteroatoms. The van der Waals surface area contributed by atoms with Gasteiger partial charge in [-0.15, -0.1) is 0 Å². The second-order valence-electron chi connectivity index (χ2n) is 14.3. The Hall–Kier alpha value is -3.44. The lowest BCUT2D eigenvalue weighted by atomic mass is 9.37. The van der Waals surface area contributed by atoms with Gasteiger partial charge >= 0.3 is 23.9 Å². The van der Waals surface area contributed by atoms with Gasteiger partial charge in [-0.25, -0.2) is 9.59 Å². The fourth-order valence-electron chi connectivity index (χ4n) is 9.94. The van der Waals surface area contributed by atoms with Gasteiger partial charge in [0.25, 0.3) is 0 Å². The van der Waals surface area contributed by atoms with E-state index in [9.17, 15) is 24.3 Å². The van der Waals surface area contributed by atoms with Crippen LogP contribution in [0.2, 0.25) is 0 Å². The van der Waals surface area contributed by atoms with Crippen LogP contribution in [0, 0.1) is 34.0 Å². The minimum absolute atomic E-state index is 0.0825. The molecule has 1 N–H and O–H groups in total. The van der Waals surface area contributed by atoms with E-state index in [4.69, 9.17) is 28.1 Å². The van der Waals surface area contributed by atoms with Crippen molar-refractivity contribution in [2.24, 2.45) is 34.0 Å². The summed E-state index contributed by atoms with van der Waals surface area (Å²) in [5, 5.41) is 13.0. The van der Waals surface area contributed by atoms with Gasteiger partial charge in [0, 0.05) is 52.7 Å². The molecule has 2 unspecified atom stereocenters. The van der Waals surface area contributed by atoms with Crippen LogP contribution < -0.4 is 0 Å². The highest BCUT2D eigenvalue weighted by Crippen LogP contribution is 2.81. The van der Waals surface area contributed by atoms with Gasteiger partial charge in [-0.05, 0) is 44.2 Å². The minimum atomic E-state index is -2.03. The summed E-state index contributed by atoms with van der Waals surface area (Å²) in [5.41, 5.74) is -2.87. The first-order valence-electron chi connectivity index (χ1n) is 15.5. The van der Waals surface area contributed by atoms with Crippen LogP contribution in [0.1, 0.15) is 79.4 Å². The molecule has 45 heavy (non-hydrogen) atoms. The lowest BCUT2D eigenvalue weighted by molar-refractivity contribution is -0.325. The van der Waals surface area contributed by atoms with Crippen molar-refractivity contribution in [2.45, 2.75) is 97.4 Å². The van der Waals surface area contributed by atoms with E-state index in [1.807, 2.05) is 27.7 Å². The van der Waals surface area contributed by atoms with E-state index >= 15 is 0 Å². The number of allylic oxidation sites excluding steroid dienone is 1. The quantitative estimate of drug-likeness (QED) is 0.273.